The summed E-state index contributed by atoms with van der Waals surface area (Å²) in [7, 11) is 3.17. The van der Waals surface area contributed by atoms with Crippen LogP contribution in [0.2, 0.25) is 0 Å². The van der Waals surface area contributed by atoms with Gasteiger partial charge in [-0.3, -0.25) is 4.68 Å². The number of carbonyl (C=O) groups excluding carboxylic acids is 1. The minimum atomic E-state index is -0.360. The van der Waals surface area contributed by atoms with Crippen LogP contribution in [0.15, 0.2) is 6.20 Å². The molecule has 0 radical (unpaired) electrons. The van der Waals surface area contributed by atoms with Crippen LogP contribution >= 0.6 is 0 Å². The SMILES string of the molecule is COC(=O)c1nn(C)cc1CC(C)C. The molecule has 0 spiro atoms. The van der Waals surface area contributed by atoms with E-state index in [2.05, 4.69) is 23.7 Å². The van der Waals surface area contributed by atoms with Gasteiger partial charge in [0.05, 0.1) is 7.11 Å². The summed E-state index contributed by atoms with van der Waals surface area (Å²) in [6, 6.07) is 0. The Hall–Kier alpha value is -1.32. The number of rotatable bonds is 3. The molecule has 0 unspecified atom stereocenters. The van der Waals surface area contributed by atoms with E-state index in [9.17, 15) is 4.79 Å². The average molecular weight is 196 g/mol. The van der Waals surface area contributed by atoms with Gasteiger partial charge in [0.15, 0.2) is 5.69 Å². The second-order valence-electron chi connectivity index (χ2n) is 3.77. The number of ether oxygens (including phenoxy) is 1. The van der Waals surface area contributed by atoms with E-state index in [1.807, 2.05) is 6.20 Å². The monoisotopic (exact) mass is 196 g/mol. The Kier molecular flexibility index (Phi) is 3.28. The van der Waals surface area contributed by atoms with Crippen LogP contribution in [-0.4, -0.2) is 22.9 Å². The number of hydrogen-bond donors (Lipinski definition) is 0. The zero-order valence-corrected chi connectivity index (χ0v) is 9.07. The van der Waals surface area contributed by atoms with Crippen molar-refractivity contribution >= 4 is 5.97 Å². The average Bonchev–Trinajstić information content (AvgIpc) is 2.44. The van der Waals surface area contributed by atoms with Crippen LogP contribution in [0, 0.1) is 5.92 Å². The smallest absolute Gasteiger partial charge is 0.358 e. The molecule has 0 aliphatic heterocycles. The maximum Gasteiger partial charge on any atom is 0.358 e. The first-order chi connectivity index (χ1) is 6.54. The Morgan fingerprint density at radius 1 is 1.64 bits per heavy atom. The van der Waals surface area contributed by atoms with E-state index in [1.54, 1.807) is 11.7 Å². The van der Waals surface area contributed by atoms with E-state index >= 15 is 0 Å². The predicted octanol–water partition coefficient (Wildman–Crippen LogP) is 1.41. The lowest BCUT2D eigenvalue weighted by Gasteiger charge is -2.02. The van der Waals surface area contributed by atoms with E-state index in [1.165, 1.54) is 7.11 Å². The lowest BCUT2D eigenvalue weighted by Crippen LogP contribution is -2.07. The van der Waals surface area contributed by atoms with Crippen molar-refractivity contribution in [2.45, 2.75) is 20.3 Å². The fraction of sp³-hybridized carbons (Fsp3) is 0.600. The van der Waals surface area contributed by atoms with Gasteiger partial charge in [0.2, 0.25) is 0 Å². The number of aromatic nitrogens is 2. The van der Waals surface area contributed by atoms with E-state index in [-0.39, 0.29) is 5.97 Å². The van der Waals surface area contributed by atoms with Crippen molar-refractivity contribution in [3.05, 3.63) is 17.5 Å². The van der Waals surface area contributed by atoms with Crippen LogP contribution in [0.25, 0.3) is 0 Å². The van der Waals surface area contributed by atoms with Crippen molar-refractivity contribution < 1.29 is 9.53 Å². The summed E-state index contributed by atoms with van der Waals surface area (Å²) in [4.78, 5) is 11.3. The lowest BCUT2D eigenvalue weighted by atomic mass is 10.0. The zero-order valence-electron chi connectivity index (χ0n) is 9.07. The largest absolute Gasteiger partial charge is 0.464 e. The molecule has 0 atom stereocenters. The number of carbonyl (C=O) groups is 1. The molecule has 0 N–H and O–H groups in total. The molecular weight excluding hydrogens is 180 g/mol. The van der Waals surface area contributed by atoms with E-state index in [0.29, 0.717) is 11.6 Å². The quantitative estimate of drug-likeness (QED) is 0.686. The van der Waals surface area contributed by atoms with Gasteiger partial charge in [-0.25, -0.2) is 4.79 Å². The van der Waals surface area contributed by atoms with Crippen LogP contribution in [0.3, 0.4) is 0 Å². The highest BCUT2D eigenvalue weighted by Crippen LogP contribution is 2.12. The van der Waals surface area contributed by atoms with Crippen LogP contribution in [0.5, 0.6) is 0 Å². The van der Waals surface area contributed by atoms with Gasteiger partial charge in [-0.15, -0.1) is 0 Å². The number of aryl methyl sites for hydroxylation is 1. The molecule has 0 saturated heterocycles. The second kappa shape index (κ2) is 4.26. The van der Waals surface area contributed by atoms with Crippen LogP contribution < -0.4 is 0 Å². The van der Waals surface area contributed by atoms with E-state index in [0.717, 1.165) is 12.0 Å². The molecule has 1 aromatic rings. The minimum Gasteiger partial charge on any atom is -0.464 e. The standard InChI is InChI=1S/C10H16N2O2/c1-7(2)5-8-6-12(3)11-9(8)10(13)14-4/h6-7H,5H2,1-4H3. The van der Waals surface area contributed by atoms with Gasteiger partial charge >= 0.3 is 5.97 Å². The Morgan fingerprint density at radius 3 is 2.79 bits per heavy atom. The normalized spacial score (nSPS) is 10.6. The first-order valence-electron chi connectivity index (χ1n) is 4.65. The Balaban J connectivity index is 2.96. The molecule has 78 valence electrons. The first kappa shape index (κ1) is 10.8. The van der Waals surface area contributed by atoms with Gasteiger partial charge in [-0.2, -0.15) is 5.10 Å². The summed E-state index contributed by atoms with van der Waals surface area (Å²) in [6.45, 7) is 4.21. The highest BCUT2D eigenvalue weighted by atomic mass is 16.5. The van der Waals surface area contributed by atoms with Crippen molar-refractivity contribution in [1.82, 2.24) is 9.78 Å². The van der Waals surface area contributed by atoms with Crippen LogP contribution in [0.1, 0.15) is 29.9 Å². The molecule has 4 nitrogen and oxygen atoms in total. The summed E-state index contributed by atoms with van der Waals surface area (Å²) in [6.07, 6.45) is 2.71. The van der Waals surface area contributed by atoms with Crippen LogP contribution in [-0.2, 0) is 18.2 Å². The van der Waals surface area contributed by atoms with Crippen LogP contribution in [0.4, 0.5) is 0 Å². The Labute approximate surface area is 83.9 Å². The summed E-state index contributed by atoms with van der Waals surface area (Å²) in [5, 5.41) is 4.08. The van der Waals surface area contributed by atoms with Crippen molar-refractivity contribution in [3.63, 3.8) is 0 Å². The van der Waals surface area contributed by atoms with Crippen molar-refractivity contribution in [3.8, 4) is 0 Å². The predicted molar refractivity (Wildman–Crippen MR) is 53.1 cm³/mol. The Bertz CT molecular complexity index is 329. The third-order valence-electron chi connectivity index (χ3n) is 1.91. The molecule has 0 bridgehead atoms. The van der Waals surface area contributed by atoms with Gasteiger partial charge in [-0.1, -0.05) is 13.8 Å². The topological polar surface area (TPSA) is 44.1 Å². The van der Waals surface area contributed by atoms with Gasteiger partial charge in [0.1, 0.15) is 0 Å². The summed E-state index contributed by atoms with van der Waals surface area (Å²) < 4.78 is 6.30. The third-order valence-corrected chi connectivity index (χ3v) is 1.91. The van der Waals surface area contributed by atoms with E-state index < -0.39 is 0 Å². The van der Waals surface area contributed by atoms with E-state index in [4.69, 9.17) is 0 Å². The molecule has 0 aliphatic rings. The molecule has 1 aromatic heterocycles. The maximum atomic E-state index is 11.3. The lowest BCUT2D eigenvalue weighted by molar-refractivity contribution is 0.0592. The number of nitrogens with zero attached hydrogens (tertiary/aromatic N) is 2. The molecule has 1 rings (SSSR count). The summed E-state index contributed by atoms with van der Waals surface area (Å²) >= 11 is 0. The zero-order chi connectivity index (χ0) is 10.7. The molecule has 0 aliphatic carbocycles. The molecule has 14 heavy (non-hydrogen) atoms. The van der Waals surface area contributed by atoms with Gasteiger partial charge < -0.3 is 4.74 Å². The fourth-order valence-electron chi connectivity index (χ4n) is 1.40. The molecule has 1 heterocycles. The molecule has 0 amide bonds. The third kappa shape index (κ3) is 2.34. The first-order valence-corrected chi connectivity index (χ1v) is 4.65. The molecule has 0 aromatic carbocycles. The van der Waals surface area contributed by atoms with Gasteiger partial charge in [0, 0.05) is 18.8 Å². The molecular formula is C10H16N2O2. The highest BCUT2D eigenvalue weighted by Gasteiger charge is 2.16. The second-order valence-corrected chi connectivity index (χ2v) is 3.77. The highest BCUT2D eigenvalue weighted by molar-refractivity contribution is 5.88. The summed E-state index contributed by atoms with van der Waals surface area (Å²) in [5.74, 6) is 0.142. The Morgan fingerprint density at radius 2 is 2.29 bits per heavy atom. The maximum absolute atomic E-state index is 11.3. The van der Waals surface area contributed by atoms with Crippen molar-refractivity contribution in [2.75, 3.05) is 7.11 Å². The van der Waals surface area contributed by atoms with Crippen molar-refractivity contribution in [2.24, 2.45) is 13.0 Å². The van der Waals surface area contributed by atoms with Gasteiger partial charge in [-0.05, 0) is 12.3 Å². The number of methoxy groups -OCH3 is 1. The molecule has 0 fully saturated rings. The van der Waals surface area contributed by atoms with Gasteiger partial charge in [0.25, 0.3) is 0 Å². The summed E-state index contributed by atoms with van der Waals surface area (Å²) in [5.41, 5.74) is 1.39. The minimum absolute atomic E-state index is 0.360. The number of hydrogen-bond acceptors (Lipinski definition) is 3. The fourth-order valence-corrected chi connectivity index (χ4v) is 1.40. The number of esters is 1. The molecule has 4 heteroatoms. The molecule has 0 saturated carbocycles. The van der Waals surface area contributed by atoms with Crippen molar-refractivity contribution in [1.29, 1.82) is 0 Å².